The quantitative estimate of drug-likeness (QED) is 0.895. The number of carbonyl (C=O) groups is 1. The van der Waals surface area contributed by atoms with E-state index in [1.54, 1.807) is 6.07 Å². The van der Waals surface area contributed by atoms with E-state index in [0.717, 1.165) is 30.8 Å². The zero-order chi connectivity index (χ0) is 13.8. The first-order chi connectivity index (χ1) is 9.06. The van der Waals surface area contributed by atoms with E-state index in [0.29, 0.717) is 17.6 Å². The molecular formula is C14H21Cl2N3O. The molecule has 0 radical (unpaired) electrons. The second-order valence-corrected chi connectivity index (χ2v) is 5.51. The Labute approximate surface area is 131 Å². The number of nitrogens with zero attached hydrogens (tertiary/aromatic N) is 1. The smallest absolute Gasteiger partial charge is 0.238 e. The molecule has 1 heterocycles. The molecule has 0 bridgehead atoms. The number of likely N-dealkylation sites (N-methyl/N-ethyl adjacent to an activating group) is 1. The molecule has 1 aromatic carbocycles. The fourth-order valence-electron chi connectivity index (χ4n) is 2.29. The molecule has 112 valence electrons. The molecular weight excluding hydrogens is 297 g/mol. The van der Waals surface area contributed by atoms with Crippen LogP contribution in [-0.2, 0) is 4.79 Å². The lowest BCUT2D eigenvalue weighted by Gasteiger charge is -2.22. The Bertz CT molecular complexity index is 462. The Kier molecular flexibility index (Phi) is 6.76. The number of rotatable bonds is 4. The fourth-order valence-corrected chi connectivity index (χ4v) is 2.46. The molecule has 1 fully saturated rings. The van der Waals surface area contributed by atoms with E-state index < -0.39 is 0 Å². The summed E-state index contributed by atoms with van der Waals surface area (Å²) >= 11 is 5.94. The van der Waals surface area contributed by atoms with Crippen molar-refractivity contribution in [2.75, 3.05) is 32.0 Å². The highest BCUT2D eigenvalue weighted by atomic mass is 35.5. The largest absolute Gasteiger partial charge is 0.325 e. The van der Waals surface area contributed by atoms with Crippen molar-refractivity contribution in [2.24, 2.45) is 0 Å². The summed E-state index contributed by atoms with van der Waals surface area (Å²) in [6, 6.07) is 5.96. The highest BCUT2D eigenvalue weighted by Gasteiger charge is 2.20. The molecule has 0 aliphatic carbocycles. The zero-order valence-corrected chi connectivity index (χ0v) is 13.4. The fraction of sp³-hybridized carbons (Fsp3) is 0.500. The van der Waals surface area contributed by atoms with Gasteiger partial charge in [0.25, 0.3) is 0 Å². The summed E-state index contributed by atoms with van der Waals surface area (Å²) in [6.07, 6.45) is 1.10. The third-order valence-corrected chi connectivity index (χ3v) is 3.76. The molecule has 1 saturated heterocycles. The lowest BCUT2D eigenvalue weighted by molar-refractivity contribution is -0.117. The minimum atomic E-state index is -0.000216. The average Bonchev–Trinajstić information content (AvgIpc) is 2.87. The Hall–Kier alpha value is -0.810. The third kappa shape index (κ3) is 4.63. The van der Waals surface area contributed by atoms with Gasteiger partial charge in [-0.1, -0.05) is 17.7 Å². The van der Waals surface area contributed by atoms with Crippen molar-refractivity contribution >= 4 is 35.6 Å². The van der Waals surface area contributed by atoms with Crippen molar-refractivity contribution in [1.29, 1.82) is 0 Å². The molecule has 1 aliphatic rings. The number of carbonyl (C=O) groups excluding carboxylic acids is 1. The van der Waals surface area contributed by atoms with Gasteiger partial charge in [-0.05, 0) is 44.6 Å². The van der Waals surface area contributed by atoms with Crippen molar-refractivity contribution in [3.05, 3.63) is 28.8 Å². The molecule has 1 aliphatic heterocycles. The van der Waals surface area contributed by atoms with Gasteiger partial charge in [0.15, 0.2) is 0 Å². The van der Waals surface area contributed by atoms with Crippen molar-refractivity contribution in [1.82, 2.24) is 10.2 Å². The summed E-state index contributed by atoms with van der Waals surface area (Å²) in [5.41, 5.74) is 1.80. The lowest BCUT2D eigenvalue weighted by atomic mass is 10.2. The summed E-state index contributed by atoms with van der Waals surface area (Å²) < 4.78 is 0. The first kappa shape index (κ1) is 17.2. The number of halogens is 2. The number of benzene rings is 1. The van der Waals surface area contributed by atoms with Gasteiger partial charge in [0, 0.05) is 23.3 Å². The van der Waals surface area contributed by atoms with Gasteiger partial charge < -0.3 is 10.6 Å². The molecule has 20 heavy (non-hydrogen) atoms. The molecule has 2 rings (SSSR count). The summed E-state index contributed by atoms with van der Waals surface area (Å²) in [5, 5.41) is 6.86. The second-order valence-electron chi connectivity index (χ2n) is 5.07. The molecule has 4 nitrogen and oxygen atoms in total. The maximum absolute atomic E-state index is 12.0. The first-order valence-corrected chi connectivity index (χ1v) is 6.91. The van der Waals surface area contributed by atoms with Crippen LogP contribution in [0.3, 0.4) is 0 Å². The average molecular weight is 318 g/mol. The van der Waals surface area contributed by atoms with E-state index in [9.17, 15) is 4.79 Å². The van der Waals surface area contributed by atoms with E-state index in [1.807, 2.05) is 26.1 Å². The maximum atomic E-state index is 12.0. The highest BCUT2D eigenvalue weighted by molar-refractivity contribution is 6.31. The minimum Gasteiger partial charge on any atom is -0.325 e. The van der Waals surface area contributed by atoms with Gasteiger partial charge in [-0.25, -0.2) is 0 Å². The standard InChI is InChI=1S/C14H20ClN3O.ClH/c1-10-3-4-11(15)7-13(10)17-14(19)9-18(2)12-5-6-16-8-12;/h3-4,7,12,16H,5-6,8-9H2,1-2H3,(H,17,19);1H. The number of hydrogen-bond acceptors (Lipinski definition) is 3. The molecule has 0 spiro atoms. The topological polar surface area (TPSA) is 44.4 Å². The number of aryl methyl sites for hydroxylation is 1. The van der Waals surface area contributed by atoms with Gasteiger partial charge in [0.2, 0.25) is 5.91 Å². The maximum Gasteiger partial charge on any atom is 0.238 e. The SMILES string of the molecule is Cc1ccc(Cl)cc1NC(=O)CN(C)C1CCNC1.Cl. The van der Waals surface area contributed by atoms with Crippen molar-refractivity contribution in [2.45, 2.75) is 19.4 Å². The highest BCUT2D eigenvalue weighted by Crippen LogP contribution is 2.20. The summed E-state index contributed by atoms with van der Waals surface area (Å²) in [6.45, 7) is 4.35. The normalized spacial score (nSPS) is 17.9. The van der Waals surface area contributed by atoms with Crippen LogP contribution in [0, 0.1) is 6.92 Å². The summed E-state index contributed by atoms with van der Waals surface area (Å²) in [5.74, 6) is -0.000216. The Morgan fingerprint density at radius 2 is 2.30 bits per heavy atom. The summed E-state index contributed by atoms with van der Waals surface area (Å²) in [4.78, 5) is 14.1. The van der Waals surface area contributed by atoms with Crippen LogP contribution in [0.1, 0.15) is 12.0 Å². The molecule has 0 saturated carbocycles. The monoisotopic (exact) mass is 317 g/mol. The Balaban J connectivity index is 0.00000200. The van der Waals surface area contributed by atoms with Crippen LogP contribution in [-0.4, -0.2) is 43.5 Å². The predicted molar refractivity (Wildman–Crippen MR) is 86.0 cm³/mol. The van der Waals surface area contributed by atoms with Crippen LogP contribution in [0.2, 0.25) is 5.02 Å². The van der Waals surface area contributed by atoms with Crippen molar-refractivity contribution in [3.63, 3.8) is 0 Å². The van der Waals surface area contributed by atoms with Gasteiger partial charge in [0.1, 0.15) is 0 Å². The molecule has 2 N–H and O–H groups in total. The van der Waals surface area contributed by atoms with E-state index in [4.69, 9.17) is 11.6 Å². The molecule has 1 atom stereocenters. The van der Waals surface area contributed by atoms with Gasteiger partial charge >= 0.3 is 0 Å². The minimum absolute atomic E-state index is 0. The number of amides is 1. The van der Waals surface area contributed by atoms with Gasteiger partial charge in [-0.15, -0.1) is 12.4 Å². The third-order valence-electron chi connectivity index (χ3n) is 3.52. The molecule has 1 amide bonds. The second kappa shape index (κ2) is 7.84. The molecule has 6 heteroatoms. The van der Waals surface area contributed by atoms with Crippen LogP contribution in [0.5, 0.6) is 0 Å². The number of nitrogens with one attached hydrogen (secondary N) is 2. The Morgan fingerprint density at radius 1 is 1.55 bits per heavy atom. The van der Waals surface area contributed by atoms with E-state index in [-0.39, 0.29) is 18.3 Å². The number of anilines is 1. The van der Waals surface area contributed by atoms with Gasteiger partial charge in [-0.2, -0.15) is 0 Å². The lowest BCUT2D eigenvalue weighted by Crippen LogP contribution is -2.39. The molecule has 1 unspecified atom stereocenters. The first-order valence-electron chi connectivity index (χ1n) is 6.53. The van der Waals surface area contributed by atoms with Crippen LogP contribution in [0.4, 0.5) is 5.69 Å². The zero-order valence-electron chi connectivity index (χ0n) is 11.8. The van der Waals surface area contributed by atoms with Crippen molar-refractivity contribution in [3.8, 4) is 0 Å². The van der Waals surface area contributed by atoms with Crippen LogP contribution >= 0.6 is 24.0 Å². The molecule has 1 aromatic rings. The van der Waals surface area contributed by atoms with Crippen LogP contribution in [0.15, 0.2) is 18.2 Å². The van der Waals surface area contributed by atoms with E-state index >= 15 is 0 Å². The van der Waals surface area contributed by atoms with E-state index in [2.05, 4.69) is 15.5 Å². The van der Waals surface area contributed by atoms with E-state index in [1.165, 1.54) is 0 Å². The summed E-state index contributed by atoms with van der Waals surface area (Å²) in [7, 11) is 1.99. The van der Waals surface area contributed by atoms with Crippen molar-refractivity contribution < 1.29 is 4.79 Å². The van der Waals surface area contributed by atoms with Crippen LogP contribution < -0.4 is 10.6 Å². The number of hydrogen-bond donors (Lipinski definition) is 2. The van der Waals surface area contributed by atoms with Gasteiger partial charge in [0.05, 0.1) is 6.54 Å². The van der Waals surface area contributed by atoms with Gasteiger partial charge in [-0.3, -0.25) is 9.69 Å². The van der Waals surface area contributed by atoms with Crippen LogP contribution in [0.25, 0.3) is 0 Å². The molecule has 0 aromatic heterocycles. The Morgan fingerprint density at radius 3 is 2.95 bits per heavy atom. The predicted octanol–water partition coefficient (Wildman–Crippen LogP) is 2.30.